The van der Waals surface area contributed by atoms with Gasteiger partial charge in [0.15, 0.2) is 0 Å². The number of halogens is 2. The van der Waals surface area contributed by atoms with Crippen molar-refractivity contribution in [3.8, 4) is 0 Å². The Morgan fingerprint density at radius 1 is 1.33 bits per heavy atom. The second-order valence-corrected chi connectivity index (χ2v) is 3.80. The van der Waals surface area contributed by atoms with Crippen molar-refractivity contribution >= 4 is 0 Å². The van der Waals surface area contributed by atoms with E-state index in [1.165, 1.54) is 0 Å². The minimum Gasteiger partial charge on any atom is -0.396 e. The molecule has 0 rings (SSSR count). The molecule has 0 aromatic rings. The lowest BCUT2D eigenvalue weighted by Gasteiger charge is -2.19. The summed E-state index contributed by atoms with van der Waals surface area (Å²) < 4.78 is 24.8. The molecule has 0 radical (unpaired) electrons. The number of aliphatic hydroxyl groups is 1. The quantitative estimate of drug-likeness (QED) is 0.689. The van der Waals surface area contributed by atoms with Crippen molar-refractivity contribution in [1.29, 1.82) is 0 Å². The Bertz CT molecular complexity index is 118. The molecule has 74 valence electrons. The lowest BCUT2D eigenvalue weighted by Crippen LogP contribution is -2.18. The number of hydrogen-bond donors (Lipinski definition) is 1. The molecule has 1 unspecified atom stereocenters. The van der Waals surface area contributed by atoms with Crippen molar-refractivity contribution in [3.63, 3.8) is 0 Å². The second kappa shape index (κ2) is 4.75. The molecule has 0 aliphatic rings. The molecular weight excluding hydrogens is 162 g/mol. The summed E-state index contributed by atoms with van der Waals surface area (Å²) in [6.45, 7) is 4.80. The second-order valence-electron chi connectivity index (χ2n) is 3.80. The van der Waals surface area contributed by atoms with E-state index in [-0.39, 0.29) is 24.9 Å². The van der Waals surface area contributed by atoms with Gasteiger partial charge < -0.3 is 5.11 Å². The molecule has 0 saturated heterocycles. The number of hydrogen-bond acceptors (Lipinski definition) is 1. The summed E-state index contributed by atoms with van der Waals surface area (Å²) in [6.07, 6.45) is 0.272. The van der Waals surface area contributed by atoms with Crippen LogP contribution in [0, 0.1) is 11.8 Å². The summed E-state index contributed by atoms with van der Waals surface area (Å²) in [5, 5.41) is 8.85. The van der Waals surface area contributed by atoms with Crippen molar-refractivity contribution in [1.82, 2.24) is 0 Å². The fourth-order valence-electron chi connectivity index (χ4n) is 1.07. The Hall–Kier alpha value is -0.180. The molecule has 0 spiro atoms. The summed E-state index contributed by atoms with van der Waals surface area (Å²) in [7, 11) is 0. The van der Waals surface area contributed by atoms with E-state index >= 15 is 0 Å². The van der Waals surface area contributed by atoms with E-state index < -0.39 is 5.92 Å². The molecule has 1 nitrogen and oxygen atoms in total. The van der Waals surface area contributed by atoms with Crippen LogP contribution in [-0.4, -0.2) is 17.6 Å². The minimum absolute atomic E-state index is 0.00769. The van der Waals surface area contributed by atoms with Crippen molar-refractivity contribution < 1.29 is 13.9 Å². The molecule has 0 aromatic carbocycles. The van der Waals surface area contributed by atoms with Crippen LogP contribution >= 0.6 is 0 Å². The third-order valence-corrected chi connectivity index (χ3v) is 2.13. The molecule has 0 bridgehead atoms. The van der Waals surface area contributed by atoms with Gasteiger partial charge in [-0.3, -0.25) is 0 Å². The molecule has 0 heterocycles. The third kappa shape index (κ3) is 5.47. The summed E-state index contributed by atoms with van der Waals surface area (Å²) in [6, 6.07) is 0. The first kappa shape index (κ1) is 11.8. The van der Waals surface area contributed by atoms with Crippen LogP contribution < -0.4 is 0 Å². The molecule has 0 aliphatic carbocycles. The highest BCUT2D eigenvalue weighted by Crippen LogP contribution is 2.25. The maximum atomic E-state index is 12.4. The third-order valence-electron chi connectivity index (χ3n) is 2.13. The highest BCUT2D eigenvalue weighted by Gasteiger charge is 2.23. The first-order valence-electron chi connectivity index (χ1n) is 4.35. The zero-order valence-electron chi connectivity index (χ0n) is 7.98. The van der Waals surface area contributed by atoms with Crippen LogP contribution in [0.4, 0.5) is 8.78 Å². The minimum atomic E-state index is -2.59. The predicted molar refractivity (Wildman–Crippen MR) is 45.3 cm³/mol. The Labute approximate surface area is 72.8 Å². The van der Waals surface area contributed by atoms with Crippen molar-refractivity contribution in [2.24, 2.45) is 11.8 Å². The Balaban J connectivity index is 3.73. The fraction of sp³-hybridized carbons (Fsp3) is 1.00. The molecule has 1 N–H and O–H groups in total. The van der Waals surface area contributed by atoms with Gasteiger partial charge in [0, 0.05) is 13.0 Å². The standard InChI is InChI=1S/C9H18F2O/c1-7(2)8(6-12)4-5-9(3,10)11/h7-8,12H,4-6H2,1-3H3. The van der Waals surface area contributed by atoms with Gasteiger partial charge in [0.1, 0.15) is 0 Å². The summed E-state index contributed by atoms with van der Waals surface area (Å²) in [5.41, 5.74) is 0. The number of rotatable bonds is 5. The Morgan fingerprint density at radius 2 is 1.83 bits per heavy atom. The summed E-state index contributed by atoms with van der Waals surface area (Å²) >= 11 is 0. The molecule has 1 atom stereocenters. The molecule has 0 aliphatic heterocycles. The fourth-order valence-corrected chi connectivity index (χ4v) is 1.07. The zero-order valence-corrected chi connectivity index (χ0v) is 7.98. The predicted octanol–water partition coefficient (Wildman–Crippen LogP) is 2.69. The molecular formula is C9H18F2O. The van der Waals surface area contributed by atoms with Crippen molar-refractivity contribution in [2.45, 2.75) is 39.5 Å². The van der Waals surface area contributed by atoms with Crippen molar-refractivity contribution in [2.75, 3.05) is 6.61 Å². The largest absolute Gasteiger partial charge is 0.396 e. The van der Waals surface area contributed by atoms with E-state index in [0.717, 1.165) is 6.92 Å². The first-order valence-corrected chi connectivity index (χ1v) is 4.35. The van der Waals surface area contributed by atoms with E-state index in [0.29, 0.717) is 6.42 Å². The van der Waals surface area contributed by atoms with Gasteiger partial charge in [0.2, 0.25) is 5.92 Å². The summed E-state index contributed by atoms with van der Waals surface area (Å²) in [4.78, 5) is 0. The monoisotopic (exact) mass is 180 g/mol. The van der Waals surface area contributed by atoms with Crippen LogP contribution in [-0.2, 0) is 0 Å². The van der Waals surface area contributed by atoms with Crippen LogP contribution in [0.25, 0.3) is 0 Å². The maximum absolute atomic E-state index is 12.4. The maximum Gasteiger partial charge on any atom is 0.245 e. The van der Waals surface area contributed by atoms with Crippen LogP contribution in [0.3, 0.4) is 0 Å². The average Bonchev–Trinajstić information content (AvgIpc) is 1.85. The van der Waals surface area contributed by atoms with Gasteiger partial charge in [-0.1, -0.05) is 13.8 Å². The molecule has 0 aromatic heterocycles. The Morgan fingerprint density at radius 3 is 2.08 bits per heavy atom. The SMILES string of the molecule is CC(C)C(CO)CCC(C)(F)F. The molecule has 3 heteroatoms. The molecule has 0 fully saturated rings. The van der Waals surface area contributed by atoms with Gasteiger partial charge in [0.25, 0.3) is 0 Å². The Kier molecular flexibility index (Phi) is 4.68. The molecule has 0 saturated carbocycles. The van der Waals surface area contributed by atoms with Gasteiger partial charge in [-0.25, -0.2) is 8.78 Å². The average molecular weight is 180 g/mol. The van der Waals surface area contributed by atoms with E-state index in [2.05, 4.69) is 0 Å². The van der Waals surface area contributed by atoms with Crippen LogP contribution in [0.15, 0.2) is 0 Å². The normalized spacial score (nSPS) is 15.2. The highest BCUT2D eigenvalue weighted by molar-refractivity contribution is 4.66. The van der Waals surface area contributed by atoms with Crippen LogP contribution in [0.1, 0.15) is 33.6 Å². The van der Waals surface area contributed by atoms with Gasteiger partial charge in [-0.15, -0.1) is 0 Å². The molecule has 12 heavy (non-hydrogen) atoms. The zero-order chi connectivity index (χ0) is 9.78. The lowest BCUT2D eigenvalue weighted by atomic mass is 9.91. The van der Waals surface area contributed by atoms with Gasteiger partial charge in [-0.05, 0) is 25.2 Å². The van der Waals surface area contributed by atoms with E-state index in [4.69, 9.17) is 5.11 Å². The van der Waals surface area contributed by atoms with E-state index in [1.54, 1.807) is 0 Å². The topological polar surface area (TPSA) is 20.2 Å². The smallest absolute Gasteiger partial charge is 0.245 e. The molecule has 0 amide bonds. The van der Waals surface area contributed by atoms with Gasteiger partial charge in [0.05, 0.1) is 0 Å². The van der Waals surface area contributed by atoms with Crippen molar-refractivity contribution in [3.05, 3.63) is 0 Å². The number of aliphatic hydroxyl groups excluding tert-OH is 1. The van der Waals surface area contributed by atoms with E-state index in [1.807, 2.05) is 13.8 Å². The highest BCUT2D eigenvalue weighted by atomic mass is 19.3. The van der Waals surface area contributed by atoms with Gasteiger partial charge in [-0.2, -0.15) is 0 Å². The summed E-state index contributed by atoms with van der Waals surface area (Å²) in [5.74, 6) is -2.31. The van der Waals surface area contributed by atoms with Crippen LogP contribution in [0.2, 0.25) is 0 Å². The van der Waals surface area contributed by atoms with E-state index in [9.17, 15) is 8.78 Å². The van der Waals surface area contributed by atoms with Crippen LogP contribution in [0.5, 0.6) is 0 Å². The first-order chi connectivity index (χ1) is 5.37. The van der Waals surface area contributed by atoms with Gasteiger partial charge >= 0.3 is 0 Å². The lowest BCUT2D eigenvalue weighted by molar-refractivity contribution is 0.00147. The number of alkyl halides is 2.